The van der Waals surface area contributed by atoms with E-state index in [4.69, 9.17) is 10.3 Å². The number of nitrogens with one attached hydrogen (secondary N) is 2. The Bertz CT molecular complexity index is 488. The monoisotopic (exact) mass is 270 g/mol. The van der Waals surface area contributed by atoms with Crippen molar-refractivity contribution in [2.24, 2.45) is 0 Å². The number of phenols is 3. The van der Waals surface area contributed by atoms with Crippen molar-refractivity contribution in [3.8, 4) is 17.2 Å². The lowest BCUT2D eigenvalue weighted by Crippen LogP contribution is -2.35. The zero-order valence-corrected chi connectivity index (χ0v) is 9.88. The molecule has 0 aliphatic heterocycles. The van der Waals surface area contributed by atoms with Crippen LogP contribution in [0.3, 0.4) is 0 Å². The summed E-state index contributed by atoms with van der Waals surface area (Å²) in [6.07, 6.45) is 0.0860. The van der Waals surface area contributed by atoms with E-state index in [1.54, 1.807) is 0 Å². The number of benzene rings is 1. The summed E-state index contributed by atoms with van der Waals surface area (Å²) in [5.41, 5.74) is 1.65. The van der Waals surface area contributed by atoms with Gasteiger partial charge in [-0.3, -0.25) is 14.8 Å². The van der Waals surface area contributed by atoms with Crippen LogP contribution in [0.5, 0.6) is 17.2 Å². The van der Waals surface area contributed by atoms with E-state index in [2.05, 4.69) is 5.32 Å². The molecule has 0 aromatic heterocycles. The van der Waals surface area contributed by atoms with Crippen molar-refractivity contribution in [3.05, 3.63) is 17.7 Å². The van der Waals surface area contributed by atoms with Crippen LogP contribution in [-0.2, 0) is 16.0 Å². The first-order chi connectivity index (χ1) is 8.95. The van der Waals surface area contributed by atoms with Crippen LogP contribution in [0, 0.1) is 0 Å². The lowest BCUT2D eigenvalue weighted by molar-refractivity contribution is -0.131. The van der Waals surface area contributed by atoms with Gasteiger partial charge in [0.15, 0.2) is 11.5 Å². The number of hydroxylamine groups is 1. The number of hydrogen-bond acceptors (Lipinski definition) is 6. The molecule has 0 spiro atoms. The Labute approximate surface area is 108 Å². The summed E-state index contributed by atoms with van der Waals surface area (Å²) in [6, 6.07) is 2.57. The number of carbonyl (C=O) groups is 2. The first-order valence-electron chi connectivity index (χ1n) is 5.38. The number of amides is 2. The molecule has 0 heterocycles. The minimum atomic E-state index is -0.751. The van der Waals surface area contributed by atoms with Gasteiger partial charge in [0.1, 0.15) is 0 Å². The Balaban J connectivity index is 2.51. The van der Waals surface area contributed by atoms with Crippen LogP contribution in [0.25, 0.3) is 0 Å². The fourth-order valence-electron chi connectivity index (χ4n) is 1.37. The summed E-state index contributed by atoms with van der Waals surface area (Å²) < 4.78 is 0. The van der Waals surface area contributed by atoms with Crippen LogP contribution < -0.4 is 10.8 Å². The molecule has 8 nitrogen and oxygen atoms in total. The zero-order chi connectivity index (χ0) is 14.4. The summed E-state index contributed by atoms with van der Waals surface area (Å²) >= 11 is 0. The van der Waals surface area contributed by atoms with Crippen LogP contribution in [0.1, 0.15) is 12.0 Å². The van der Waals surface area contributed by atoms with Crippen molar-refractivity contribution in [1.29, 1.82) is 0 Å². The highest BCUT2D eigenvalue weighted by molar-refractivity contribution is 5.84. The van der Waals surface area contributed by atoms with E-state index < -0.39 is 29.1 Å². The van der Waals surface area contributed by atoms with E-state index in [0.29, 0.717) is 0 Å². The normalized spacial score (nSPS) is 9.95. The van der Waals surface area contributed by atoms with Gasteiger partial charge in [-0.2, -0.15) is 0 Å². The second-order valence-corrected chi connectivity index (χ2v) is 3.75. The SMILES string of the molecule is O=C(CNC(=O)CCc1ccc(O)c(O)c1O)NO. The Morgan fingerprint density at radius 2 is 1.74 bits per heavy atom. The van der Waals surface area contributed by atoms with Crippen LogP contribution in [0.2, 0.25) is 0 Å². The smallest absolute Gasteiger partial charge is 0.262 e. The molecule has 8 heteroatoms. The molecule has 104 valence electrons. The number of carbonyl (C=O) groups excluding carboxylic acids is 2. The van der Waals surface area contributed by atoms with Crippen LogP contribution in [0.15, 0.2) is 12.1 Å². The molecule has 0 aliphatic rings. The molecule has 1 aromatic rings. The van der Waals surface area contributed by atoms with Gasteiger partial charge in [-0.1, -0.05) is 6.07 Å². The molecule has 0 unspecified atom stereocenters. The minimum Gasteiger partial charge on any atom is -0.504 e. The Morgan fingerprint density at radius 1 is 1.05 bits per heavy atom. The Hall–Kier alpha value is -2.48. The van der Waals surface area contributed by atoms with Gasteiger partial charge in [0, 0.05) is 6.42 Å². The molecule has 2 amide bonds. The van der Waals surface area contributed by atoms with Gasteiger partial charge in [0.2, 0.25) is 11.7 Å². The van der Waals surface area contributed by atoms with Crippen LogP contribution in [0.4, 0.5) is 0 Å². The number of phenolic OH excluding ortho intramolecular Hbond substituents is 3. The summed E-state index contributed by atoms with van der Waals surface area (Å²) in [4.78, 5) is 22.0. The van der Waals surface area contributed by atoms with E-state index in [9.17, 15) is 19.8 Å². The Morgan fingerprint density at radius 3 is 2.37 bits per heavy atom. The van der Waals surface area contributed by atoms with Gasteiger partial charge in [0.05, 0.1) is 6.54 Å². The maximum atomic E-state index is 11.3. The molecule has 19 heavy (non-hydrogen) atoms. The molecule has 0 saturated carbocycles. The number of aryl methyl sites for hydroxylation is 1. The maximum Gasteiger partial charge on any atom is 0.262 e. The summed E-state index contributed by atoms with van der Waals surface area (Å²) in [5.74, 6) is -2.79. The third kappa shape index (κ3) is 4.03. The van der Waals surface area contributed by atoms with Gasteiger partial charge < -0.3 is 20.6 Å². The molecular formula is C11H14N2O6. The zero-order valence-electron chi connectivity index (χ0n) is 9.88. The number of hydrogen-bond donors (Lipinski definition) is 6. The topological polar surface area (TPSA) is 139 Å². The first-order valence-corrected chi connectivity index (χ1v) is 5.38. The standard InChI is InChI=1S/C11H14N2O6/c14-7-3-1-6(10(17)11(7)18)2-4-8(15)12-5-9(16)13-19/h1,3,14,17-19H,2,4-5H2,(H,12,15)(H,13,16). The quantitative estimate of drug-likeness (QED) is 0.239. The third-order valence-electron chi connectivity index (χ3n) is 2.41. The number of rotatable bonds is 5. The molecular weight excluding hydrogens is 256 g/mol. The summed E-state index contributed by atoms with van der Waals surface area (Å²) in [6.45, 7) is -0.359. The van der Waals surface area contributed by atoms with Crippen molar-refractivity contribution in [2.75, 3.05) is 6.54 Å². The second-order valence-electron chi connectivity index (χ2n) is 3.75. The van der Waals surface area contributed by atoms with Crippen LogP contribution >= 0.6 is 0 Å². The molecule has 0 fully saturated rings. The average Bonchev–Trinajstić information content (AvgIpc) is 2.41. The predicted molar refractivity (Wildman–Crippen MR) is 62.7 cm³/mol. The van der Waals surface area contributed by atoms with Crippen molar-refractivity contribution in [2.45, 2.75) is 12.8 Å². The van der Waals surface area contributed by atoms with Gasteiger partial charge in [-0.25, -0.2) is 5.48 Å². The maximum absolute atomic E-state index is 11.3. The highest BCUT2D eigenvalue weighted by atomic mass is 16.5. The van der Waals surface area contributed by atoms with Crippen molar-refractivity contribution < 1.29 is 30.1 Å². The molecule has 0 bridgehead atoms. The summed E-state index contributed by atoms with van der Waals surface area (Å²) in [5, 5.41) is 38.4. The van der Waals surface area contributed by atoms with Gasteiger partial charge in [-0.05, 0) is 18.1 Å². The molecule has 0 atom stereocenters. The van der Waals surface area contributed by atoms with Crippen LogP contribution in [-0.4, -0.2) is 38.9 Å². The first kappa shape index (κ1) is 14.6. The molecule has 6 N–H and O–H groups in total. The van der Waals surface area contributed by atoms with E-state index in [1.807, 2.05) is 0 Å². The highest BCUT2D eigenvalue weighted by Crippen LogP contribution is 2.37. The molecule has 0 saturated heterocycles. The van der Waals surface area contributed by atoms with E-state index >= 15 is 0 Å². The highest BCUT2D eigenvalue weighted by Gasteiger charge is 2.12. The summed E-state index contributed by atoms with van der Waals surface area (Å²) in [7, 11) is 0. The molecule has 0 radical (unpaired) electrons. The van der Waals surface area contributed by atoms with Gasteiger partial charge in [-0.15, -0.1) is 0 Å². The lowest BCUT2D eigenvalue weighted by atomic mass is 10.1. The average molecular weight is 270 g/mol. The van der Waals surface area contributed by atoms with Crippen molar-refractivity contribution in [3.63, 3.8) is 0 Å². The van der Waals surface area contributed by atoms with E-state index in [-0.39, 0.29) is 24.9 Å². The fraction of sp³-hybridized carbons (Fsp3) is 0.273. The molecule has 1 rings (SSSR count). The van der Waals surface area contributed by atoms with E-state index in [0.717, 1.165) is 0 Å². The molecule has 0 aliphatic carbocycles. The third-order valence-corrected chi connectivity index (χ3v) is 2.41. The fourth-order valence-corrected chi connectivity index (χ4v) is 1.37. The molecule has 1 aromatic carbocycles. The predicted octanol–water partition coefficient (Wildman–Crippen LogP) is -0.642. The van der Waals surface area contributed by atoms with Crippen molar-refractivity contribution in [1.82, 2.24) is 10.8 Å². The Kier molecular flexibility index (Phi) is 4.95. The number of aromatic hydroxyl groups is 3. The van der Waals surface area contributed by atoms with E-state index in [1.165, 1.54) is 17.6 Å². The van der Waals surface area contributed by atoms with Crippen molar-refractivity contribution >= 4 is 11.8 Å². The van der Waals surface area contributed by atoms with Gasteiger partial charge >= 0.3 is 0 Å². The second kappa shape index (κ2) is 6.45. The lowest BCUT2D eigenvalue weighted by Gasteiger charge is -2.07. The van der Waals surface area contributed by atoms with Gasteiger partial charge in [0.25, 0.3) is 5.91 Å². The largest absolute Gasteiger partial charge is 0.504 e. The minimum absolute atomic E-state index is 0.0313.